The number of carbonyl (C=O) groups excluding carboxylic acids is 2. The SMILES string of the molecule is CCOC(=O)c1ccc(NC(=O)CSc2ncnc3c2nnn3Cc2ccc(F)cc2)cc1. The molecule has 0 fully saturated rings. The van der Waals surface area contributed by atoms with Gasteiger partial charge in [-0.2, -0.15) is 0 Å². The fraction of sp³-hybridized carbons (Fsp3) is 0.182. The standard InChI is InChI=1S/C22H19FN6O3S/c1-2-32-22(31)15-5-9-17(10-6-15)26-18(30)12-33-21-19-20(24-13-25-21)29(28-27-19)11-14-3-7-16(23)8-4-14/h3-10,13H,2,11-12H2,1H3,(H,26,30). The van der Waals surface area contributed by atoms with E-state index >= 15 is 0 Å². The number of aromatic nitrogens is 5. The summed E-state index contributed by atoms with van der Waals surface area (Å²) in [7, 11) is 0. The summed E-state index contributed by atoms with van der Waals surface area (Å²) in [5.41, 5.74) is 2.83. The van der Waals surface area contributed by atoms with E-state index in [0.29, 0.717) is 40.6 Å². The molecule has 4 aromatic rings. The van der Waals surface area contributed by atoms with Gasteiger partial charge in [0.15, 0.2) is 11.2 Å². The first-order valence-corrected chi connectivity index (χ1v) is 11.0. The summed E-state index contributed by atoms with van der Waals surface area (Å²) in [5.74, 6) is -0.867. The fourth-order valence-electron chi connectivity index (χ4n) is 2.98. The van der Waals surface area contributed by atoms with Crippen LogP contribution in [0.4, 0.5) is 10.1 Å². The van der Waals surface area contributed by atoms with Crippen molar-refractivity contribution in [3.8, 4) is 0 Å². The van der Waals surface area contributed by atoms with Crippen molar-refractivity contribution >= 4 is 40.5 Å². The number of ether oxygens (including phenoxy) is 1. The monoisotopic (exact) mass is 466 g/mol. The highest BCUT2D eigenvalue weighted by Crippen LogP contribution is 2.23. The lowest BCUT2D eigenvalue weighted by Gasteiger charge is -2.06. The van der Waals surface area contributed by atoms with E-state index in [1.54, 1.807) is 48.0 Å². The van der Waals surface area contributed by atoms with Gasteiger partial charge < -0.3 is 10.1 Å². The number of thioether (sulfide) groups is 1. The van der Waals surface area contributed by atoms with Crippen LogP contribution >= 0.6 is 11.8 Å². The van der Waals surface area contributed by atoms with E-state index in [1.807, 2.05) is 0 Å². The molecule has 0 unspecified atom stereocenters. The Morgan fingerprint density at radius 3 is 2.58 bits per heavy atom. The number of esters is 1. The molecule has 0 radical (unpaired) electrons. The van der Waals surface area contributed by atoms with Gasteiger partial charge in [0.05, 0.1) is 24.5 Å². The molecule has 1 amide bonds. The zero-order valence-electron chi connectivity index (χ0n) is 17.6. The molecule has 1 N–H and O–H groups in total. The van der Waals surface area contributed by atoms with E-state index in [1.165, 1.54) is 30.2 Å². The fourth-order valence-corrected chi connectivity index (χ4v) is 3.71. The van der Waals surface area contributed by atoms with Crippen molar-refractivity contribution < 1.29 is 18.7 Å². The number of carbonyl (C=O) groups is 2. The first-order chi connectivity index (χ1) is 16.0. The molecule has 0 atom stereocenters. The number of nitrogens with one attached hydrogen (secondary N) is 1. The maximum Gasteiger partial charge on any atom is 0.338 e. The van der Waals surface area contributed by atoms with Crippen LogP contribution in [0.1, 0.15) is 22.8 Å². The molecule has 2 heterocycles. The Balaban J connectivity index is 1.39. The highest BCUT2D eigenvalue weighted by molar-refractivity contribution is 8.00. The summed E-state index contributed by atoms with van der Waals surface area (Å²) in [6.07, 6.45) is 1.39. The van der Waals surface area contributed by atoms with Gasteiger partial charge in [-0.05, 0) is 48.9 Å². The van der Waals surface area contributed by atoms with Crippen molar-refractivity contribution in [2.75, 3.05) is 17.7 Å². The molecule has 0 saturated heterocycles. The number of hydrogen-bond acceptors (Lipinski definition) is 8. The van der Waals surface area contributed by atoms with Crippen molar-refractivity contribution in [1.82, 2.24) is 25.0 Å². The van der Waals surface area contributed by atoms with E-state index in [9.17, 15) is 14.0 Å². The molecule has 0 aliphatic carbocycles. The molecule has 0 aliphatic heterocycles. The molecule has 2 aromatic carbocycles. The minimum absolute atomic E-state index is 0.0938. The van der Waals surface area contributed by atoms with Crippen LogP contribution in [0.15, 0.2) is 59.9 Å². The Morgan fingerprint density at radius 1 is 1.09 bits per heavy atom. The molecule has 168 valence electrons. The predicted octanol–water partition coefficient (Wildman–Crippen LogP) is 3.32. The third-order valence-electron chi connectivity index (χ3n) is 4.53. The second-order valence-corrected chi connectivity index (χ2v) is 7.82. The van der Waals surface area contributed by atoms with Crippen LogP contribution in [-0.4, -0.2) is 49.2 Å². The molecule has 9 nitrogen and oxygen atoms in total. The number of amides is 1. The van der Waals surface area contributed by atoms with Crippen LogP contribution in [-0.2, 0) is 16.1 Å². The summed E-state index contributed by atoms with van der Waals surface area (Å²) in [5, 5.41) is 11.6. The Kier molecular flexibility index (Phi) is 6.89. The summed E-state index contributed by atoms with van der Waals surface area (Å²) < 4.78 is 19.7. The minimum Gasteiger partial charge on any atom is -0.462 e. The van der Waals surface area contributed by atoms with Crippen LogP contribution in [0.5, 0.6) is 0 Å². The maximum absolute atomic E-state index is 13.1. The molecule has 0 spiro atoms. The molecule has 11 heteroatoms. The molecule has 0 bridgehead atoms. The van der Waals surface area contributed by atoms with Crippen molar-refractivity contribution in [1.29, 1.82) is 0 Å². The smallest absolute Gasteiger partial charge is 0.338 e. The quantitative estimate of drug-likeness (QED) is 0.239. The predicted molar refractivity (Wildman–Crippen MR) is 120 cm³/mol. The van der Waals surface area contributed by atoms with Gasteiger partial charge in [0, 0.05) is 5.69 Å². The minimum atomic E-state index is -0.411. The largest absolute Gasteiger partial charge is 0.462 e. The van der Waals surface area contributed by atoms with Crippen molar-refractivity contribution in [2.45, 2.75) is 18.5 Å². The topological polar surface area (TPSA) is 112 Å². The van der Waals surface area contributed by atoms with Gasteiger partial charge in [-0.1, -0.05) is 29.1 Å². The van der Waals surface area contributed by atoms with Crippen LogP contribution in [0.25, 0.3) is 11.2 Å². The normalized spacial score (nSPS) is 10.8. The Bertz CT molecular complexity index is 1280. The summed E-state index contributed by atoms with van der Waals surface area (Å²) in [6.45, 7) is 2.41. The Labute approximate surface area is 192 Å². The summed E-state index contributed by atoms with van der Waals surface area (Å²) >= 11 is 1.21. The highest BCUT2D eigenvalue weighted by atomic mass is 32.2. The maximum atomic E-state index is 13.1. The van der Waals surface area contributed by atoms with Gasteiger partial charge in [-0.15, -0.1) is 5.10 Å². The number of nitrogens with zero attached hydrogens (tertiary/aromatic N) is 5. The van der Waals surface area contributed by atoms with Gasteiger partial charge in [0.1, 0.15) is 17.2 Å². The van der Waals surface area contributed by atoms with Crippen molar-refractivity contribution in [3.63, 3.8) is 0 Å². The average molecular weight is 466 g/mol. The lowest BCUT2D eigenvalue weighted by Crippen LogP contribution is -2.14. The van der Waals surface area contributed by atoms with Crippen LogP contribution in [0.3, 0.4) is 0 Å². The number of fused-ring (bicyclic) bond motifs is 1. The van der Waals surface area contributed by atoms with E-state index in [2.05, 4.69) is 25.6 Å². The molecular weight excluding hydrogens is 447 g/mol. The average Bonchev–Trinajstić information content (AvgIpc) is 3.23. The van der Waals surface area contributed by atoms with Gasteiger partial charge in [-0.3, -0.25) is 4.79 Å². The third kappa shape index (κ3) is 5.50. The van der Waals surface area contributed by atoms with Gasteiger partial charge in [-0.25, -0.2) is 23.8 Å². The highest BCUT2D eigenvalue weighted by Gasteiger charge is 2.14. The van der Waals surface area contributed by atoms with Gasteiger partial charge in [0.2, 0.25) is 5.91 Å². The Hall–Kier alpha value is -3.86. The zero-order chi connectivity index (χ0) is 23.2. The second kappa shape index (κ2) is 10.2. The molecule has 0 saturated carbocycles. The van der Waals surface area contributed by atoms with Crippen LogP contribution < -0.4 is 5.32 Å². The van der Waals surface area contributed by atoms with Crippen molar-refractivity contribution in [2.24, 2.45) is 0 Å². The van der Waals surface area contributed by atoms with E-state index in [4.69, 9.17) is 4.74 Å². The third-order valence-corrected chi connectivity index (χ3v) is 5.51. The second-order valence-electron chi connectivity index (χ2n) is 6.86. The van der Waals surface area contributed by atoms with E-state index < -0.39 is 5.97 Å². The van der Waals surface area contributed by atoms with Crippen molar-refractivity contribution in [3.05, 3.63) is 71.8 Å². The van der Waals surface area contributed by atoms with E-state index in [0.717, 1.165) is 5.56 Å². The molecule has 0 aliphatic rings. The first-order valence-electron chi connectivity index (χ1n) is 10.0. The first kappa shape index (κ1) is 22.3. The summed E-state index contributed by atoms with van der Waals surface area (Å²) in [4.78, 5) is 32.6. The summed E-state index contributed by atoms with van der Waals surface area (Å²) in [6, 6.07) is 12.6. The number of benzene rings is 2. The lowest BCUT2D eigenvalue weighted by atomic mass is 10.2. The molecule has 4 rings (SSSR count). The van der Waals surface area contributed by atoms with Gasteiger partial charge in [0.25, 0.3) is 0 Å². The molecular formula is C22H19FN6O3S. The number of rotatable bonds is 8. The number of halogens is 1. The Morgan fingerprint density at radius 2 is 1.85 bits per heavy atom. The number of anilines is 1. The van der Waals surface area contributed by atoms with Crippen LogP contribution in [0, 0.1) is 5.82 Å². The zero-order valence-corrected chi connectivity index (χ0v) is 18.4. The lowest BCUT2D eigenvalue weighted by molar-refractivity contribution is -0.113. The molecule has 2 aromatic heterocycles. The van der Waals surface area contributed by atoms with E-state index in [-0.39, 0.29) is 17.5 Å². The van der Waals surface area contributed by atoms with Gasteiger partial charge >= 0.3 is 5.97 Å². The molecule has 33 heavy (non-hydrogen) atoms. The van der Waals surface area contributed by atoms with Crippen LogP contribution in [0.2, 0.25) is 0 Å². The number of hydrogen-bond donors (Lipinski definition) is 1.